The maximum absolute atomic E-state index is 5.24. The van der Waals surface area contributed by atoms with Crippen LogP contribution in [0.15, 0.2) is 0 Å². The average molecular weight is 168 g/mol. The summed E-state index contributed by atoms with van der Waals surface area (Å²) < 4.78 is 0. The van der Waals surface area contributed by atoms with Crippen LogP contribution in [0, 0.1) is 0 Å². The number of halogens is 2. The number of hydrogen-bond acceptors (Lipinski definition) is 0. The zero-order valence-electron chi connectivity index (χ0n) is 2.62. The first kappa shape index (κ1) is 6.22. The van der Waals surface area contributed by atoms with E-state index in [1.807, 2.05) is 0 Å². The molecule has 0 atom stereocenters. The molecule has 0 fully saturated rings. The molecular weight excluding hydrogens is 165 g/mol. The van der Waals surface area contributed by atoms with Crippen LogP contribution in [0.3, 0.4) is 0 Å². The fourth-order valence-electron chi connectivity index (χ4n) is 0. The molecule has 0 aliphatic rings. The van der Waals surface area contributed by atoms with Crippen molar-refractivity contribution in [2.45, 2.75) is 9.81 Å². The summed E-state index contributed by atoms with van der Waals surface area (Å²) in [6.45, 7) is 0. The molecule has 0 N–H and O–H groups in total. The molecule has 0 aliphatic carbocycles. The molecule has 2 radical (unpaired) electrons. The Labute approximate surface area is 51.8 Å². The molecule has 0 nitrogen and oxygen atoms in total. The van der Waals surface area contributed by atoms with Gasteiger partial charge in [0.05, 0.1) is 0 Å². The Bertz CT molecular complexity index is 21.6. The maximum atomic E-state index is 5.24. The molecule has 0 aromatic rings. The van der Waals surface area contributed by atoms with E-state index >= 15 is 0 Å². The van der Waals surface area contributed by atoms with Gasteiger partial charge in [-0.1, -0.05) is 0 Å². The summed E-state index contributed by atoms with van der Waals surface area (Å²) >= 11 is 12.1. The van der Waals surface area contributed by atoms with Crippen molar-refractivity contribution in [1.29, 1.82) is 0 Å². The first-order valence-corrected chi connectivity index (χ1v) is 3.84. The summed E-state index contributed by atoms with van der Waals surface area (Å²) in [5.74, 6) is 0. The van der Waals surface area contributed by atoms with Crippen LogP contribution in [-0.2, 0) is 0 Å². The van der Waals surface area contributed by atoms with Crippen molar-refractivity contribution in [3.05, 3.63) is 0 Å². The molecule has 0 aromatic heterocycles. The van der Waals surface area contributed by atoms with Crippen molar-refractivity contribution < 1.29 is 0 Å². The molecule has 0 saturated carbocycles. The van der Waals surface area contributed by atoms with Gasteiger partial charge in [0, 0.05) is 0 Å². The molecule has 28 valence electrons. The predicted molar refractivity (Wildman–Crippen MR) is 26.1 cm³/mol. The fourth-order valence-corrected chi connectivity index (χ4v) is 0. The molecule has 0 aromatic carbocycles. The summed E-state index contributed by atoms with van der Waals surface area (Å²) in [5, 5.41) is 0. The van der Waals surface area contributed by atoms with Crippen LogP contribution in [0.25, 0.3) is 0 Å². The summed E-state index contributed by atoms with van der Waals surface area (Å²) in [6, 6.07) is 0. The Hall–Kier alpha value is 1.22. The minimum atomic E-state index is -0.144. The van der Waals surface area contributed by atoms with Crippen LogP contribution >= 0.6 is 23.2 Å². The molecule has 0 amide bonds. The van der Waals surface area contributed by atoms with Gasteiger partial charge >= 0.3 is 51.6 Å². The van der Waals surface area contributed by atoms with E-state index in [0.717, 1.165) is 4.98 Å². The average Bonchev–Trinajstić information content (AvgIpc) is 1.38. The van der Waals surface area contributed by atoms with Crippen molar-refractivity contribution >= 4 is 41.8 Å². The van der Waals surface area contributed by atoms with Crippen LogP contribution in [0.5, 0.6) is 0 Å². The van der Waals surface area contributed by atoms with Crippen LogP contribution < -0.4 is 0 Å². The Morgan fingerprint density at radius 1 is 1.60 bits per heavy atom. The molecule has 0 unspecified atom stereocenters. The van der Waals surface area contributed by atoms with E-state index in [4.69, 9.17) is 23.2 Å². The van der Waals surface area contributed by atoms with Gasteiger partial charge in [-0.2, -0.15) is 0 Å². The monoisotopic (exact) mass is 166 g/mol. The van der Waals surface area contributed by atoms with E-state index < -0.39 is 0 Å². The fraction of sp³-hybridized carbons (Fsp3) is 1.00. The number of alkyl halides is 2. The van der Waals surface area contributed by atoms with E-state index in [0.29, 0.717) is 0 Å². The second kappa shape index (κ2) is 3.41. The van der Waals surface area contributed by atoms with Crippen LogP contribution in [0.1, 0.15) is 0 Å². The van der Waals surface area contributed by atoms with Gasteiger partial charge in [0.25, 0.3) is 0 Å². The summed E-state index contributed by atoms with van der Waals surface area (Å²) in [6.07, 6.45) is 0. The van der Waals surface area contributed by atoms with Gasteiger partial charge in [-0.3, -0.25) is 0 Å². The van der Waals surface area contributed by atoms with Gasteiger partial charge in [0.15, 0.2) is 0 Å². The normalized spacial score (nSPS) is 9.40. The van der Waals surface area contributed by atoms with Crippen molar-refractivity contribution in [1.82, 2.24) is 0 Å². The van der Waals surface area contributed by atoms with Gasteiger partial charge in [0.2, 0.25) is 0 Å². The zero-order chi connectivity index (χ0) is 4.28. The molecule has 0 aliphatic heterocycles. The topological polar surface area (TPSA) is 0 Å². The summed E-state index contributed by atoms with van der Waals surface area (Å²) in [7, 11) is 0. The Morgan fingerprint density at radius 2 is 1.80 bits per heavy atom. The Morgan fingerprint density at radius 3 is 1.80 bits per heavy atom. The second-order valence-corrected chi connectivity index (χ2v) is 2.89. The van der Waals surface area contributed by atoms with E-state index in [2.05, 4.69) is 0 Å². The Balaban J connectivity index is 2.54. The van der Waals surface area contributed by atoms with Gasteiger partial charge in [0.1, 0.15) is 0 Å². The molecule has 0 bridgehead atoms. The third-order valence-corrected chi connectivity index (χ3v) is 2.78. The minimum absolute atomic E-state index is 0.144. The van der Waals surface area contributed by atoms with Crippen molar-refractivity contribution in [3.8, 4) is 0 Å². The molecule has 0 saturated heterocycles. The molecule has 3 heteroatoms. The number of rotatable bonds is 1. The van der Waals surface area contributed by atoms with E-state index in [1.54, 1.807) is 18.6 Å². The second-order valence-electron chi connectivity index (χ2n) is 0.627. The van der Waals surface area contributed by atoms with E-state index in [9.17, 15) is 0 Å². The third-order valence-electron chi connectivity index (χ3n) is 0.178. The molecule has 0 heterocycles. The van der Waals surface area contributed by atoms with Crippen molar-refractivity contribution in [2.24, 2.45) is 0 Å². The zero-order valence-corrected chi connectivity index (χ0v) is 6.55. The van der Waals surface area contributed by atoms with Gasteiger partial charge < -0.3 is 0 Å². The quantitative estimate of drug-likeness (QED) is 0.409. The van der Waals surface area contributed by atoms with Crippen molar-refractivity contribution in [2.75, 3.05) is 0 Å². The Kier molecular flexibility index (Phi) is 4.24. The van der Waals surface area contributed by atoms with Crippen molar-refractivity contribution in [3.63, 3.8) is 0 Å². The van der Waals surface area contributed by atoms with Crippen LogP contribution in [0.2, 0.25) is 4.98 Å². The predicted octanol–water partition coefficient (Wildman–Crippen LogP) is 1.38. The summed E-state index contributed by atoms with van der Waals surface area (Å²) in [5.41, 5.74) is 0. The standard InChI is InChI=1S/C2H3Cl2.Ga/c1-2(3)4;/h2H,1H2;. The molecule has 5 heavy (non-hydrogen) atoms. The van der Waals surface area contributed by atoms with Gasteiger partial charge in [-0.15, -0.1) is 0 Å². The first-order chi connectivity index (χ1) is 2.27. The van der Waals surface area contributed by atoms with Crippen LogP contribution in [-0.4, -0.2) is 23.4 Å². The molecular formula is C2H3Cl2Ga. The van der Waals surface area contributed by atoms with Crippen LogP contribution in [0.4, 0.5) is 0 Å². The third kappa shape index (κ3) is 5.22. The van der Waals surface area contributed by atoms with E-state index in [1.165, 1.54) is 0 Å². The molecule has 0 spiro atoms. The first-order valence-electron chi connectivity index (χ1n) is 1.25. The molecule has 0 rings (SSSR count). The number of hydrogen-bond donors (Lipinski definition) is 0. The SMILES string of the molecule is ClC(Cl)[CH2][Ga]. The van der Waals surface area contributed by atoms with E-state index in [-0.39, 0.29) is 4.84 Å². The van der Waals surface area contributed by atoms with Gasteiger partial charge in [-0.05, 0) is 0 Å². The van der Waals surface area contributed by atoms with Gasteiger partial charge in [-0.25, -0.2) is 0 Å². The summed E-state index contributed by atoms with van der Waals surface area (Å²) in [4.78, 5) is 0.755.